The Bertz CT molecular complexity index is 6300. The summed E-state index contributed by atoms with van der Waals surface area (Å²) in [5.74, 6) is 0. The first kappa shape index (κ1) is 18.1. The van der Waals surface area contributed by atoms with Crippen LogP contribution in [0.25, 0.3) is 97.4 Å². The van der Waals surface area contributed by atoms with Crippen molar-refractivity contribution in [3.63, 3.8) is 0 Å². The van der Waals surface area contributed by atoms with Gasteiger partial charge in [-0.25, -0.2) is 0 Å². The summed E-state index contributed by atoms with van der Waals surface area (Å²) in [4.78, 5) is 0. The summed E-state index contributed by atoms with van der Waals surface area (Å²) in [6.45, 7) is 0. The van der Waals surface area contributed by atoms with E-state index in [1.165, 1.54) is 15.9 Å². The summed E-state index contributed by atoms with van der Waals surface area (Å²) >= 11 is 1.44. The van der Waals surface area contributed by atoms with Crippen LogP contribution in [-0.2, 0) is 0 Å². The number of fused-ring (bicyclic) bond motifs is 9. The SMILES string of the molecule is [2H]c1c([2H])c([2H])c([Si](c2c([2H])c([2H])c([2H])c([2H])c2[2H])(c2c([2H])c([2H])c([2H])c([2H])c2[2H])c2c([2H])c([2H])c([2H])c(-n3c4c([2H])c([2H])c([2H])c([2H])c4c4c([2H])c(-c5c([2H])c([2H])c([2H])c([2H])c5-c5c([2H])c([2H])c6c(c5[2H])c5c([2H])c([2H])c([2H])c([2H])c5n6-c5ccc6sc7ccccc7c6c5)c([2H])c([2H])c43)c2[2H])c([2H])c1[2H]. The minimum atomic E-state index is -6.64. The molecular formula is C66H44N2SSi. The molecule has 0 atom stereocenters. The first-order valence-corrected chi connectivity index (χ1v) is 23.9. The number of hydrogen-bond acceptors (Lipinski definition) is 1. The molecule has 2 nitrogen and oxygen atoms in total. The van der Waals surface area contributed by atoms with Gasteiger partial charge < -0.3 is 9.13 Å². The Balaban J connectivity index is 1.17. The van der Waals surface area contributed by atoms with Gasteiger partial charge in [-0.2, -0.15) is 0 Å². The number of rotatable bonds is 8. The summed E-state index contributed by atoms with van der Waals surface area (Å²) in [6, 6.07) is -31.2. The third-order valence-electron chi connectivity index (χ3n) is 12.0. The molecule has 0 amide bonds. The number of benzene rings is 11. The smallest absolute Gasteiger partial charge is 0.179 e. The van der Waals surface area contributed by atoms with Gasteiger partial charge in [0.25, 0.3) is 0 Å². The molecule has 0 unspecified atom stereocenters. The number of aromatic nitrogens is 2. The molecular weight excluding hydrogens is 881 g/mol. The van der Waals surface area contributed by atoms with Gasteiger partial charge in [0.1, 0.15) is 0 Å². The predicted molar refractivity (Wildman–Crippen MR) is 302 cm³/mol. The minimum Gasteiger partial charge on any atom is -0.309 e. The van der Waals surface area contributed by atoms with Crippen LogP contribution in [-0.4, -0.2) is 17.2 Å². The molecule has 14 rings (SSSR count). The van der Waals surface area contributed by atoms with Crippen LogP contribution in [0.2, 0.25) is 0 Å². The lowest BCUT2D eigenvalue weighted by molar-refractivity contribution is 1.18. The van der Waals surface area contributed by atoms with Crippen molar-refractivity contribution in [2.24, 2.45) is 0 Å². The molecule has 0 saturated heterocycles. The van der Waals surface area contributed by atoms with E-state index < -0.39 is 313 Å². The van der Waals surface area contributed by atoms with Crippen molar-refractivity contribution in [1.82, 2.24) is 9.13 Å². The predicted octanol–water partition coefficient (Wildman–Crippen LogP) is 15.0. The third-order valence-corrected chi connectivity index (χ3v) is 17.1. The summed E-state index contributed by atoms with van der Waals surface area (Å²) in [5, 5.41) is -6.26. The molecule has 0 N–H and O–H groups in total. The fourth-order valence-corrected chi connectivity index (χ4v) is 13.6. The molecule has 0 fully saturated rings. The standard InChI is InChI=1S/C66H44N2SSi/c1-4-20-49(21-5-1)70(50-22-6-2-7-23-50,51-24-8-3-9-25-51)52-26-18-19-47(43-52)67-61-32-15-12-29-55(61)58-41-45(35-38-63(58)67)53-27-10-11-28-54(53)46-36-39-64-59(42-46)56-30-13-16-33-62(56)68(64)48-37-40-66-60(44-48)57-31-14-17-34-65(57)69-66/h1-44H/i1D,2D,3D,4D,5D,6D,7D,8D,9D,10D,11D,12D,13D,15D,16D,18D,19D,20D,21D,22D,23D,24D,25D,26D,27D,28D,29D,30D,32D,33D,35D,36D,38D,39D,41D,42D,43D. The van der Waals surface area contributed by atoms with E-state index in [9.17, 15) is 30.2 Å². The van der Waals surface area contributed by atoms with Crippen LogP contribution >= 0.6 is 11.3 Å². The molecule has 14 aromatic rings. The zero-order valence-electron chi connectivity index (χ0n) is 72.3. The van der Waals surface area contributed by atoms with Gasteiger partial charge in [-0.05, 0) is 116 Å². The Morgan fingerprint density at radius 2 is 0.800 bits per heavy atom. The van der Waals surface area contributed by atoms with Gasteiger partial charge in [-0.15, -0.1) is 11.3 Å². The van der Waals surface area contributed by atoms with Crippen LogP contribution in [0.1, 0.15) is 50.7 Å². The molecule has 0 aliphatic heterocycles. The van der Waals surface area contributed by atoms with Crippen LogP contribution in [0, 0.1) is 0 Å². The molecule has 0 aliphatic rings. The topological polar surface area (TPSA) is 9.86 Å². The lowest BCUT2D eigenvalue weighted by atomic mass is 9.93. The second-order valence-corrected chi connectivity index (χ2v) is 20.2. The molecule has 0 radical (unpaired) electrons. The van der Waals surface area contributed by atoms with E-state index in [0.717, 1.165) is 14.8 Å². The molecule has 0 bridgehead atoms. The third kappa shape index (κ3) is 6.24. The maximum Gasteiger partial charge on any atom is 0.179 e. The second-order valence-electron chi connectivity index (χ2n) is 15.6. The van der Waals surface area contributed by atoms with Gasteiger partial charge >= 0.3 is 0 Å². The number of para-hydroxylation sites is 2. The van der Waals surface area contributed by atoms with Gasteiger partial charge in [-0.1, -0.05) is 193 Å². The van der Waals surface area contributed by atoms with Crippen molar-refractivity contribution in [2.45, 2.75) is 0 Å². The van der Waals surface area contributed by atoms with Crippen LogP contribution in [0.3, 0.4) is 0 Å². The van der Waals surface area contributed by atoms with E-state index in [1.54, 1.807) is 24.3 Å². The van der Waals surface area contributed by atoms with Crippen molar-refractivity contribution in [3.8, 4) is 33.6 Å². The lowest BCUT2D eigenvalue weighted by Crippen LogP contribution is -2.74. The van der Waals surface area contributed by atoms with Gasteiger partial charge in [0.05, 0.1) is 72.8 Å². The number of hydrogen-bond donors (Lipinski definition) is 0. The highest BCUT2D eigenvalue weighted by atomic mass is 32.1. The van der Waals surface area contributed by atoms with Crippen molar-refractivity contribution < 1.29 is 50.7 Å². The fourth-order valence-electron chi connectivity index (χ4n) is 9.00. The van der Waals surface area contributed by atoms with E-state index in [2.05, 4.69) is 0 Å². The fraction of sp³-hybridized carbons (Fsp3) is 0. The molecule has 0 aliphatic carbocycles. The zero-order valence-corrected chi connectivity index (χ0v) is 37.2. The van der Waals surface area contributed by atoms with Crippen LogP contribution in [0.15, 0.2) is 266 Å². The number of thiophene rings is 1. The first-order chi connectivity index (χ1) is 50.1. The van der Waals surface area contributed by atoms with Crippen molar-refractivity contribution in [2.75, 3.05) is 0 Å². The van der Waals surface area contributed by atoms with Gasteiger partial charge in [0.15, 0.2) is 8.07 Å². The molecule has 11 aromatic carbocycles. The Labute approximate surface area is 463 Å². The maximum atomic E-state index is 10.6. The van der Waals surface area contributed by atoms with E-state index in [1.807, 2.05) is 18.2 Å². The van der Waals surface area contributed by atoms with Crippen LogP contribution in [0.4, 0.5) is 0 Å². The molecule has 3 aromatic heterocycles. The molecule has 70 heavy (non-hydrogen) atoms. The summed E-state index contributed by atoms with van der Waals surface area (Å²) < 4.78 is 354. The van der Waals surface area contributed by atoms with E-state index >= 15 is 0 Å². The second kappa shape index (κ2) is 16.3. The van der Waals surface area contributed by atoms with Crippen LogP contribution in [0.5, 0.6) is 0 Å². The summed E-state index contributed by atoms with van der Waals surface area (Å²) in [7, 11) is -6.64. The zero-order chi connectivity index (χ0) is 78.4. The van der Waals surface area contributed by atoms with Gasteiger partial charge in [0.2, 0.25) is 0 Å². The highest BCUT2D eigenvalue weighted by molar-refractivity contribution is 7.25. The van der Waals surface area contributed by atoms with Crippen molar-refractivity contribution in [3.05, 3.63) is 266 Å². The highest BCUT2D eigenvalue weighted by Gasteiger charge is 2.41. The Morgan fingerprint density at radius 1 is 0.329 bits per heavy atom. The van der Waals surface area contributed by atoms with Crippen molar-refractivity contribution in [1.29, 1.82) is 0 Å². The quantitative estimate of drug-likeness (QED) is 0.106. The van der Waals surface area contributed by atoms with E-state index in [-0.39, 0.29) is 16.7 Å². The molecule has 4 heteroatoms. The highest BCUT2D eigenvalue weighted by Crippen LogP contribution is 2.42. The van der Waals surface area contributed by atoms with Gasteiger partial charge in [-0.3, -0.25) is 0 Å². The largest absolute Gasteiger partial charge is 0.309 e. The summed E-state index contributed by atoms with van der Waals surface area (Å²) in [5.41, 5.74) is -7.48. The molecule has 328 valence electrons. The van der Waals surface area contributed by atoms with E-state index in [4.69, 9.17) is 20.6 Å². The number of nitrogens with zero attached hydrogens (tertiary/aromatic N) is 2. The molecule has 0 saturated carbocycles. The summed E-state index contributed by atoms with van der Waals surface area (Å²) in [6.07, 6.45) is 0. The molecule has 0 spiro atoms. The average Bonchev–Trinajstić information content (AvgIpc) is 1.57. The molecule has 3 heterocycles. The van der Waals surface area contributed by atoms with E-state index in [0.29, 0.717) is 9.95 Å². The van der Waals surface area contributed by atoms with Gasteiger partial charge in [0, 0.05) is 53.1 Å². The average molecular weight is 962 g/mol. The van der Waals surface area contributed by atoms with Crippen molar-refractivity contribution >= 4 is 104 Å². The normalized spacial score (nSPS) is 19.4. The Kier molecular flexibility index (Phi) is 4.21. The lowest BCUT2D eigenvalue weighted by Gasteiger charge is -2.34. The maximum absolute atomic E-state index is 10.6. The Hall–Kier alpha value is -8.54. The Morgan fingerprint density at radius 3 is 1.39 bits per heavy atom. The first-order valence-electron chi connectivity index (χ1n) is 39.6. The van der Waals surface area contributed by atoms with Crippen LogP contribution < -0.4 is 20.7 Å². The minimum absolute atomic E-state index is 0.193. The monoisotopic (exact) mass is 962 g/mol.